The zero-order chi connectivity index (χ0) is 19.2. The van der Waals surface area contributed by atoms with E-state index in [1.54, 1.807) is 42.5 Å². The van der Waals surface area contributed by atoms with Crippen molar-refractivity contribution in [3.8, 4) is 11.8 Å². The topological polar surface area (TPSA) is 99.9 Å². The van der Waals surface area contributed by atoms with Gasteiger partial charge in [-0.1, -0.05) is 11.6 Å². The summed E-state index contributed by atoms with van der Waals surface area (Å²) in [5, 5.41) is 15.0. The second-order valence-electron chi connectivity index (χ2n) is 5.40. The molecule has 0 atom stereocenters. The normalized spacial score (nSPS) is 9.96. The molecule has 2 N–H and O–H groups in total. The maximum atomic E-state index is 12.4. The van der Waals surface area contributed by atoms with Crippen LogP contribution in [0.3, 0.4) is 0 Å². The number of nitrogens with one attached hydrogen (secondary N) is 2. The summed E-state index contributed by atoms with van der Waals surface area (Å²) in [5.41, 5.74) is 1.90. The number of rotatable bonds is 5. The van der Waals surface area contributed by atoms with Gasteiger partial charge in [-0.15, -0.1) is 0 Å². The van der Waals surface area contributed by atoms with E-state index in [9.17, 15) is 4.79 Å². The summed E-state index contributed by atoms with van der Waals surface area (Å²) < 4.78 is 5.20. The highest BCUT2D eigenvalue weighted by Gasteiger charge is 2.12. The van der Waals surface area contributed by atoms with Crippen LogP contribution in [0.25, 0.3) is 0 Å². The van der Waals surface area contributed by atoms with Gasteiger partial charge in [-0.25, -0.2) is 9.97 Å². The summed E-state index contributed by atoms with van der Waals surface area (Å²) in [6.45, 7) is 0. The van der Waals surface area contributed by atoms with Gasteiger partial charge < -0.3 is 15.4 Å². The van der Waals surface area contributed by atoms with Crippen LogP contribution < -0.4 is 15.4 Å². The third-order valence-corrected chi connectivity index (χ3v) is 3.82. The third-order valence-electron chi connectivity index (χ3n) is 3.58. The number of carbonyl (C=O) groups excluding carboxylic acids is 1. The molecule has 27 heavy (non-hydrogen) atoms. The molecule has 3 rings (SSSR count). The molecule has 0 spiro atoms. The maximum absolute atomic E-state index is 12.4. The van der Waals surface area contributed by atoms with Crippen molar-refractivity contribution in [2.45, 2.75) is 0 Å². The van der Waals surface area contributed by atoms with Crippen LogP contribution in [0.5, 0.6) is 5.75 Å². The monoisotopic (exact) mass is 379 g/mol. The molecule has 0 bridgehead atoms. The SMILES string of the molecule is COc1ccc(Cl)cc1NC(=O)c1cnc(Nc2ccc(C#N)cc2)cn1. The van der Waals surface area contributed by atoms with Gasteiger partial charge in [-0.2, -0.15) is 5.26 Å². The summed E-state index contributed by atoms with van der Waals surface area (Å²) in [5.74, 6) is 0.518. The van der Waals surface area contributed by atoms with Gasteiger partial charge in [0.15, 0.2) is 0 Å². The summed E-state index contributed by atoms with van der Waals surface area (Å²) in [7, 11) is 1.50. The summed E-state index contributed by atoms with van der Waals surface area (Å²) >= 11 is 5.96. The van der Waals surface area contributed by atoms with Crippen LogP contribution >= 0.6 is 11.6 Å². The fourth-order valence-electron chi connectivity index (χ4n) is 2.25. The van der Waals surface area contributed by atoms with Crippen molar-refractivity contribution in [2.75, 3.05) is 17.7 Å². The Balaban J connectivity index is 1.70. The van der Waals surface area contributed by atoms with Crippen LogP contribution in [0.2, 0.25) is 5.02 Å². The molecule has 0 saturated heterocycles. The number of amides is 1. The first-order valence-corrected chi connectivity index (χ1v) is 8.21. The summed E-state index contributed by atoms with van der Waals surface area (Å²) in [6.07, 6.45) is 2.81. The molecule has 3 aromatic rings. The summed E-state index contributed by atoms with van der Waals surface area (Å²) in [4.78, 5) is 20.7. The zero-order valence-electron chi connectivity index (χ0n) is 14.2. The van der Waals surface area contributed by atoms with Crippen LogP contribution in [0.1, 0.15) is 16.1 Å². The number of ether oxygens (including phenoxy) is 1. The van der Waals surface area contributed by atoms with Gasteiger partial charge in [-0.05, 0) is 42.5 Å². The molecule has 0 saturated carbocycles. The van der Waals surface area contributed by atoms with Gasteiger partial charge >= 0.3 is 0 Å². The molecule has 0 fully saturated rings. The Morgan fingerprint density at radius 3 is 2.56 bits per heavy atom. The van der Waals surface area contributed by atoms with Gasteiger partial charge in [-0.3, -0.25) is 4.79 Å². The Morgan fingerprint density at radius 2 is 1.93 bits per heavy atom. The number of nitrogens with zero attached hydrogens (tertiary/aromatic N) is 3. The number of methoxy groups -OCH3 is 1. The maximum Gasteiger partial charge on any atom is 0.275 e. The lowest BCUT2D eigenvalue weighted by Gasteiger charge is -2.10. The van der Waals surface area contributed by atoms with Crippen molar-refractivity contribution in [2.24, 2.45) is 0 Å². The number of nitriles is 1. The smallest absolute Gasteiger partial charge is 0.275 e. The van der Waals surface area contributed by atoms with E-state index < -0.39 is 5.91 Å². The van der Waals surface area contributed by atoms with Crippen molar-refractivity contribution in [3.05, 3.63) is 71.1 Å². The second-order valence-corrected chi connectivity index (χ2v) is 5.84. The van der Waals surface area contributed by atoms with Gasteiger partial charge in [0.1, 0.15) is 17.3 Å². The van der Waals surface area contributed by atoms with E-state index in [0.717, 1.165) is 5.69 Å². The molecule has 1 aromatic heterocycles. The Morgan fingerprint density at radius 1 is 1.15 bits per heavy atom. The average Bonchev–Trinajstić information content (AvgIpc) is 2.69. The number of carbonyl (C=O) groups is 1. The first-order valence-electron chi connectivity index (χ1n) is 7.83. The van der Waals surface area contributed by atoms with Crippen LogP contribution in [0.4, 0.5) is 17.2 Å². The molecule has 0 unspecified atom stereocenters. The minimum absolute atomic E-state index is 0.141. The van der Waals surface area contributed by atoms with Gasteiger partial charge in [0.25, 0.3) is 5.91 Å². The average molecular weight is 380 g/mol. The number of halogens is 1. The molecule has 8 heteroatoms. The van der Waals surface area contributed by atoms with Crippen LogP contribution in [-0.2, 0) is 0 Å². The van der Waals surface area contributed by atoms with E-state index in [4.69, 9.17) is 21.6 Å². The highest BCUT2D eigenvalue weighted by Crippen LogP contribution is 2.28. The van der Waals surface area contributed by atoms with Crippen molar-refractivity contribution in [3.63, 3.8) is 0 Å². The lowest BCUT2D eigenvalue weighted by molar-refractivity contribution is 0.102. The Kier molecular flexibility index (Phi) is 5.50. The molecule has 134 valence electrons. The lowest BCUT2D eigenvalue weighted by Crippen LogP contribution is -2.15. The van der Waals surface area contributed by atoms with Crippen molar-refractivity contribution >= 4 is 34.7 Å². The molecule has 0 aliphatic rings. The molecule has 1 heterocycles. The molecule has 1 amide bonds. The molecule has 0 radical (unpaired) electrons. The quantitative estimate of drug-likeness (QED) is 0.694. The van der Waals surface area contributed by atoms with E-state index >= 15 is 0 Å². The fourth-order valence-corrected chi connectivity index (χ4v) is 2.42. The van der Waals surface area contributed by atoms with Gasteiger partial charge in [0, 0.05) is 10.7 Å². The summed E-state index contributed by atoms with van der Waals surface area (Å²) in [6, 6.07) is 13.9. The Hall–Kier alpha value is -3.63. The first-order chi connectivity index (χ1) is 13.1. The number of anilines is 3. The number of aromatic nitrogens is 2. The highest BCUT2D eigenvalue weighted by molar-refractivity contribution is 6.31. The second kappa shape index (κ2) is 8.17. The van der Waals surface area contributed by atoms with E-state index in [-0.39, 0.29) is 5.69 Å². The van der Waals surface area contributed by atoms with Crippen LogP contribution in [-0.4, -0.2) is 23.0 Å². The van der Waals surface area contributed by atoms with Crippen molar-refractivity contribution < 1.29 is 9.53 Å². The molecule has 0 aliphatic heterocycles. The first kappa shape index (κ1) is 18.2. The standard InChI is InChI=1S/C19H14ClN5O2/c1-27-17-7-4-13(20)8-15(17)25-19(26)16-10-23-18(11-22-16)24-14-5-2-12(9-21)3-6-14/h2-8,10-11H,1H3,(H,23,24)(H,25,26). The lowest BCUT2D eigenvalue weighted by atomic mass is 10.2. The minimum atomic E-state index is -0.437. The molecular weight excluding hydrogens is 366 g/mol. The third kappa shape index (κ3) is 4.51. The highest BCUT2D eigenvalue weighted by atomic mass is 35.5. The Labute approximate surface area is 160 Å². The minimum Gasteiger partial charge on any atom is -0.495 e. The van der Waals surface area contributed by atoms with Gasteiger partial charge in [0.2, 0.25) is 0 Å². The largest absolute Gasteiger partial charge is 0.495 e. The number of hydrogen-bond donors (Lipinski definition) is 2. The van der Waals surface area contributed by atoms with Gasteiger partial charge in [0.05, 0.1) is 36.8 Å². The zero-order valence-corrected chi connectivity index (χ0v) is 15.0. The van der Waals surface area contributed by atoms with Crippen molar-refractivity contribution in [1.82, 2.24) is 9.97 Å². The van der Waals surface area contributed by atoms with E-state index in [1.165, 1.54) is 19.5 Å². The Bertz CT molecular complexity index is 998. The molecule has 7 nitrogen and oxygen atoms in total. The van der Waals surface area contributed by atoms with E-state index in [1.807, 2.05) is 0 Å². The molecular formula is C19H14ClN5O2. The van der Waals surface area contributed by atoms with Crippen molar-refractivity contribution in [1.29, 1.82) is 5.26 Å². The number of hydrogen-bond acceptors (Lipinski definition) is 6. The van der Waals surface area contributed by atoms with Crippen LogP contribution in [0, 0.1) is 11.3 Å². The van der Waals surface area contributed by atoms with Crippen LogP contribution in [0.15, 0.2) is 54.9 Å². The van der Waals surface area contributed by atoms with E-state index in [0.29, 0.717) is 27.8 Å². The van der Waals surface area contributed by atoms with E-state index in [2.05, 4.69) is 26.7 Å². The molecule has 0 aliphatic carbocycles. The number of benzene rings is 2. The predicted molar refractivity (Wildman–Crippen MR) is 102 cm³/mol. The predicted octanol–water partition coefficient (Wildman–Crippen LogP) is 4.01. The fraction of sp³-hybridized carbons (Fsp3) is 0.0526. The molecule has 2 aromatic carbocycles.